The molecule has 31 heavy (non-hydrogen) atoms. The lowest BCUT2D eigenvalue weighted by Gasteiger charge is -2.16. The number of carbonyl (C=O) groups excluding carboxylic acids is 2. The highest BCUT2D eigenvalue weighted by molar-refractivity contribution is 7.15. The number of ether oxygens (including phenoxy) is 2. The number of benzene rings is 1. The highest BCUT2D eigenvalue weighted by Crippen LogP contribution is 2.42. The number of pyridine rings is 1. The molecule has 0 saturated carbocycles. The normalized spacial score (nSPS) is 17.3. The van der Waals surface area contributed by atoms with Gasteiger partial charge in [-0.2, -0.15) is 0 Å². The predicted octanol–water partition coefficient (Wildman–Crippen LogP) is 3.27. The van der Waals surface area contributed by atoms with E-state index < -0.39 is 6.09 Å². The lowest BCUT2D eigenvalue weighted by atomic mass is 10.1. The number of nitrogens with one attached hydrogen (secondary N) is 1. The van der Waals surface area contributed by atoms with Crippen molar-refractivity contribution in [3.05, 3.63) is 47.6 Å². The van der Waals surface area contributed by atoms with E-state index in [1.54, 1.807) is 28.6 Å². The average Bonchev–Trinajstić information content (AvgIpc) is 3.32. The fourth-order valence-corrected chi connectivity index (χ4v) is 4.76. The molecule has 158 valence electrons. The van der Waals surface area contributed by atoms with Crippen LogP contribution in [-0.2, 0) is 16.0 Å². The number of hydrogen-bond donors (Lipinski definition) is 1. The lowest BCUT2D eigenvalue weighted by molar-refractivity contribution is -0.119. The molecule has 0 radical (unpaired) electrons. The molecule has 2 aromatic heterocycles. The van der Waals surface area contributed by atoms with E-state index in [1.165, 1.54) is 11.8 Å². The van der Waals surface area contributed by atoms with Gasteiger partial charge in [0.2, 0.25) is 5.91 Å². The number of hydrogen-bond acceptors (Lipinski definition) is 7. The summed E-state index contributed by atoms with van der Waals surface area (Å²) in [5, 5.41) is 3.64. The first kappa shape index (κ1) is 19.5. The van der Waals surface area contributed by atoms with Crippen LogP contribution in [0.5, 0.6) is 5.75 Å². The van der Waals surface area contributed by atoms with Crippen molar-refractivity contribution in [2.24, 2.45) is 0 Å². The molecule has 2 aliphatic rings. The summed E-state index contributed by atoms with van der Waals surface area (Å²) in [6, 6.07) is 9.59. The van der Waals surface area contributed by atoms with Gasteiger partial charge in [-0.1, -0.05) is 0 Å². The third-order valence-electron chi connectivity index (χ3n) is 5.20. The molecule has 0 aliphatic carbocycles. The van der Waals surface area contributed by atoms with Crippen molar-refractivity contribution in [1.29, 1.82) is 0 Å². The van der Waals surface area contributed by atoms with Crippen LogP contribution in [0.4, 0.5) is 10.5 Å². The Labute approximate surface area is 182 Å². The van der Waals surface area contributed by atoms with Crippen LogP contribution in [0.3, 0.4) is 0 Å². The van der Waals surface area contributed by atoms with E-state index in [0.717, 1.165) is 28.2 Å². The largest absolute Gasteiger partial charge is 0.492 e. The minimum atomic E-state index is -0.432. The second-order valence-corrected chi connectivity index (χ2v) is 8.44. The summed E-state index contributed by atoms with van der Waals surface area (Å²) in [6.07, 6.45) is 3.48. The smallest absolute Gasteiger partial charge is 0.414 e. The van der Waals surface area contributed by atoms with E-state index in [-0.39, 0.29) is 12.0 Å². The molecular weight excluding hydrogens is 416 g/mol. The molecule has 0 spiro atoms. The summed E-state index contributed by atoms with van der Waals surface area (Å²) in [6.45, 7) is 2.63. The molecule has 2 aliphatic heterocycles. The molecule has 1 saturated heterocycles. The molecule has 1 aromatic carbocycles. The van der Waals surface area contributed by atoms with Crippen molar-refractivity contribution in [3.8, 4) is 27.6 Å². The minimum absolute atomic E-state index is 0.155. The van der Waals surface area contributed by atoms with Crippen LogP contribution in [-0.4, -0.2) is 47.8 Å². The zero-order chi connectivity index (χ0) is 21.4. The number of cyclic esters (lactones) is 1. The fourth-order valence-electron chi connectivity index (χ4n) is 3.69. The number of aromatic nitrogens is 2. The van der Waals surface area contributed by atoms with E-state index in [1.807, 2.05) is 30.3 Å². The number of amides is 2. The van der Waals surface area contributed by atoms with Crippen molar-refractivity contribution in [2.45, 2.75) is 19.4 Å². The van der Waals surface area contributed by atoms with Gasteiger partial charge >= 0.3 is 6.09 Å². The Bertz CT molecular complexity index is 1150. The topological polar surface area (TPSA) is 93.7 Å². The SMILES string of the molecule is CC(=O)NC[C@H]1CN(c2ccc3c(c2)OCCc2sc(-c4ccncc4)nc2-3)C(=O)O1. The summed E-state index contributed by atoms with van der Waals surface area (Å²) >= 11 is 1.67. The Morgan fingerprint density at radius 2 is 2.13 bits per heavy atom. The van der Waals surface area contributed by atoms with E-state index in [2.05, 4.69) is 10.3 Å². The first-order valence-corrected chi connectivity index (χ1v) is 10.8. The van der Waals surface area contributed by atoms with Crippen molar-refractivity contribution < 1.29 is 19.1 Å². The maximum atomic E-state index is 12.4. The number of anilines is 1. The Morgan fingerprint density at radius 3 is 2.94 bits per heavy atom. The zero-order valence-corrected chi connectivity index (χ0v) is 17.6. The molecule has 5 rings (SSSR count). The van der Waals surface area contributed by atoms with Crippen molar-refractivity contribution in [1.82, 2.24) is 15.3 Å². The van der Waals surface area contributed by atoms with Crippen molar-refractivity contribution in [2.75, 3.05) is 24.6 Å². The predicted molar refractivity (Wildman–Crippen MR) is 116 cm³/mol. The Kier molecular flexibility index (Phi) is 5.03. The molecule has 4 heterocycles. The fraction of sp³-hybridized carbons (Fsp3) is 0.273. The molecular formula is C22H20N4O4S. The third kappa shape index (κ3) is 3.84. The van der Waals surface area contributed by atoms with Crippen LogP contribution in [0.2, 0.25) is 0 Å². The maximum Gasteiger partial charge on any atom is 0.414 e. The van der Waals surface area contributed by atoms with E-state index in [9.17, 15) is 9.59 Å². The van der Waals surface area contributed by atoms with Gasteiger partial charge < -0.3 is 14.8 Å². The number of nitrogens with zero attached hydrogens (tertiary/aromatic N) is 3. The molecule has 0 unspecified atom stereocenters. The van der Waals surface area contributed by atoms with E-state index in [4.69, 9.17) is 14.5 Å². The molecule has 8 nitrogen and oxygen atoms in total. The molecule has 9 heteroatoms. The van der Waals surface area contributed by atoms with Gasteiger partial charge in [0.15, 0.2) is 0 Å². The van der Waals surface area contributed by atoms with Gasteiger partial charge in [-0.15, -0.1) is 11.3 Å². The van der Waals surface area contributed by atoms with E-state index in [0.29, 0.717) is 31.1 Å². The average molecular weight is 436 g/mol. The van der Waals surface area contributed by atoms with Crippen LogP contribution < -0.4 is 15.0 Å². The first-order chi connectivity index (χ1) is 15.1. The standard InChI is InChI=1S/C22H20N4O4S/c1-13(27)24-11-16-12-26(22(28)30-16)15-2-3-17-18(10-15)29-9-6-19-20(17)25-21(31-19)14-4-7-23-8-5-14/h2-5,7-8,10,16H,6,9,11-12H2,1H3,(H,24,27)/t16-/m0/s1. The number of rotatable bonds is 4. The summed E-state index contributed by atoms with van der Waals surface area (Å²) < 4.78 is 11.4. The quantitative estimate of drug-likeness (QED) is 0.675. The van der Waals surface area contributed by atoms with E-state index >= 15 is 0 Å². The van der Waals surface area contributed by atoms with Gasteiger partial charge in [0.25, 0.3) is 0 Å². The van der Waals surface area contributed by atoms with Crippen LogP contribution >= 0.6 is 11.3 Å². The zero-order valence-electron chi connectivity index (χ0n) is 16.8. The monoisotopic (exact) mass is 436 g/mol. The number of thiazole rings is 1. The number of fused-ring (bicyclic) bond motifs is 3. The van der Waals surface area contributed by atoms with Crippen LogP contribution in [0.25, 0.3) is 21.8 Å². The Balaban J connectivity index is 1.43. The molecule has 3 aromatic rings. The molecule has 0 bridgehead atoms. The summed E-state index contributed by atoms with van der Waals surface area (Å²) in [7, 11) is 0. The van der Waals surface area contributed by atoms with Gasteiger partial charge in [-0.3, -0.25) is 14.7 Å². The number of carbonyl (C=O) groups is 2. The molecule has 2 amide bonds. The van der Waals surface area contributed by atoms with Crippen LogP contribution in [0.1, 0.15) is 11.8 Å². The summed E-state index contributed by atoms with van der Waals surface area (Å²) in [5.74, 6) is 0.541. The second-order valence-electron chi connectivity index (χ2n) is 7.36. The van der Waals surface area contributed by atoms with Gasteiger partial charge in [0.05, 0.1) is 31.1 Å². The summed E-state index contributed by atoms with van der Waals surface area (Å²) in [5.41, 5.74) is 3.57. The Morgan fingerprint density at radius 1 is 1.29 bits per heavy atom. The van der Waals surface area contributed by atoms with Crippen molar-refractivity contribution >= 4 is 29.0 Å². The first-order valence-electron chi connectivity index (χ1n) is 9.98. The van der Waals surface area contributed by atoms with Crippen LogP contribution in [0, 0.1) is 0 Å². The summed E-state index contributed by atoms with van der Waals surface area (Å²) in [4.78, 5) is 35.2. The second kappa shape index (κ2) is 7.99. The molecule has 1 N–H and O–H groups in total. The minimum Gasteiger partial charge on any atom is -0.492 e. The highest BCUT2D eigenvalue weighted by Gasteiger charge is 2.33. The van der Waals surface area contributed by atoms with Crippen molar-refractivity contribution in [3.63, 3.8) is 0 Å². The highest BCUT2D eigenvalue weighted by atomic mass is 32.1. The molecule has 1 fully saturated rings. The maximum absolute atomic E-state index is 12.4. The Hall–Kier alpha value is -3.46. The van der Waals surface area contributed by atoms with Gasteiger partial charge in [0, 0.05) is 47.8 Å². The van der Waals surface area contributed by atoms with Crippen LogP contribution in [0.15, 0.2) is 42.7 Å². The lowest BCUT2D eigenvalue weighted by Crippen LogP contribution is -2.33. The van der Waals surface area contributed by atoms with Gasteiger partial charge in [-0.05, 0) is 24.3 Å². The molecule has 1 atom stereocenters. The third-order valence-corrected chi connectivity index (χ3v) is 6.36. The van der Waals surface area contributed by atoms with Gasteiger partial charge in [0.1, 0.15) is 16.9 Å². The van der Waals surface area contributed by atoms with Gasteiger partial charge in [-0.25, -0.2) is 9.78 Å².